The van der Waals surface area contributed by atoms with E-state index < -0.39 is 6.72 Å². The Morgan fingerprint density at radius 2 is 1.82 bits per heavy atom. The minimum Gasteiger partial charge on any atom is -0.424 e. The van der Waals surface area contributed by atoms with E-state index in [2.05, 4.69) is 0 Å². The van der Waals surface area contributed by atoms with Crippen molar-refractivity contribution in [2.45, 2.75) is 27.7 Å². The zero-order chi connectivity index (χ0) is 16.3. The minimum atomic E-state index is -2.86. The summed E-state index contributed by atoms with van der Waals surface area (Å²) < 4.78 is 22.1. The van der Waals surface area contributed by atoms with Crippen LogP contribution in [0, 0.1) is 13.8 Å². The molecule has 0 aliphatic carbocycles. The summed E-state index contributed by atoms with van der Waals surface area (Å²) in [5.41, 5.74) is 1.67. The quantitative estimate of drug-likeness (QED) is 0.582. The molecule has 0 radical (unpaired) electrons. The van der Waals surface area contributed by atoms with E-state index in [1.807, 2.05) is 33.8 Å². The molecule has 0 amide bonds. The van der Waals surface area contributed by atoms with Crippen molar-refractivity contribution in [2.24, 2.45) is 0 Å². The molecule has 120 valence electrons. The molecule has 2 aromatic rings. The average Bonchev–Trinajstić information content (AvgIpc) is 2.43. The third-order valence-electron chi connectivity index (χ3n) is 3.10. The lowest BCUT2D eigenvalue weighted by Gasteiger charge is -2.22. The summed E-state index contributed by atoms with van der Waals surface area (Å²) in [4.78, 5) is 11.6. The number of rotatable bonds is 6. The van der Waals surface area contributed by atoms with Gasteiger partial charge in [0, 0.05) is 28.8 Å². The van der Waals surface area contributed by atoms with E-state index in [1.54, 1.807) is 6.07 Å². The predicted octanol–water partition coefficient (Wildman–Crippen LogP) is 4.09. The fraction of sp³-hybridized carbons (Fsp3) is 0.400. The Balaban J connectivity index is 2.50. The minimum absolute atomic E-state index is 0.390. The SMILES string of the molecule is CCOP(=S)(OCC)Oc1ccc2c(C)cc(=O)oc2c1C. The van der Waals surface area contributed by atoms with Gasteiger partial charge in [0.15, 0.2) is 0 Å². The van der Waals surface area contributed by atoms with Gasteiger partial charge in [0.05, 0.1) is 13.2 Å². The second-order valence-corrected chi connectivity index (χ2v) is 7.62. The summed E-state index contributed by atoms with van der Waals surface area (Å²) >= 11 is 5.37. The third-order valence-corrected chi connectivity index (χ3v) is 5.53. The van der Waals surface area contributed by atoms with Crippen molar-refractivity contribution in [3.05, 3.63) is 39.7 Å². The highest BCUT2D eigenvalue weighted by molar-refractivity contribution is 8.07. The topological polar surface area (TPSA) is 57.9 Å². The molecule has 0 aliphatic rings. The van der Waals surface area contributed by atoms with Crippen LogP contribution in [0.15, 0.2) is 27.4 Å². The van der Waals surface area contributed by atoms with Crippen molar-refractivity contribution in [3.63, 3.8) is 0 Å². The molecule has 0 N–H and O–H groups in total. The molecule has 0 aliphatic heterocycles. The number of hydrogen-bond acceptors (Lipinski definition) is 6. The molecule has 5 nitrogen and oxygen atoms in total. The normalized spacial score (nSPS) is 11.8. The highest BCUT2D eigenvalue weighted by Gasteiger charge is 2.23. The molecule has 0 spiro atoms. The Kier molecular flexibility index (Phi) is 5.40. The molecule has 0 saturated carbocycles. The van der Waals surface area contributed by atoms with Gasteiger partial charge in [0.25, 0.3) is 0 Å². The average molecular weight is 342 g/mol. The van der Waals surface area contributed by atoms with Gasteiger partial charge in [0.2, 0.25) is 0 Å². The summed E-state index contributed by atoms with van der Waals surface area (Å²) in [7, 11) is 0. The molecule has 0 saturated heterocycles. The number of aryl methyl sites for hydroxylation is 2. The van der Waals surface area contributed by atoms with Crippen molar-refractivity contribution in [3.8, 4) is 5.75 Å². The molecule has 2 rings (SSSR count). The van der Waals surface area contributed by atoms with Crippen LogP contribution in [0.1, 0.15) is 25.0 Å². The van der Waals surface area contributed by atoms with Crippen LogP contribution >= 0.6 is 6.72 Å². The lowest BCUT2D eigenvalue weighted by Crippen LogP contribution is -2.04. The molecule has 1 aromatic carbocycles. The zero-order valence-electron chi connectivity index (χ0n) is 13.0. The largest absolute Gasteiger partial charge is 0.424 e. The highest BCUT2D eigenvalue weighted by Crippen LogP contribution is 2.50. The molecule has 0 unspecified atom stereocenters. The first-order valence-electron chi connectivity index (χ1n) is 7.03. The number of hydrogen-bond donors (Lipinski definition) is 0. The van der Waals surface area contributed by atoms with Crippen molar-refractivity contribution < 1.29 is 18.0 Å². The summed E-state index contributed by atoms with van der Waals surface area (Å²) in [6.07, 6.45) is 0. The van der Waals surface area contributed by atoms with Crippen LogP contribution in [0.5, 0.6) is 5.75 Å². The van der Waals surface area contributed by atoms with Gasteiger partial charge in [-0.25, -0.2) is 4.79 Å². The lowest BCUT2D eigenvalue weighted by molar-refractivity contribution is 0.217. The Bertz CT molecular complexity index is 773. The second kappa shape index (κ2) is 6.92. The fourth-order valence-corrected chi connectivity index (χ4v) is 4.25. The van der Waals surface area contributed by atoms with Crippen LogP contribution in [0.25, 0.3) is 11.0 Å². The van der Waals surface area contributed by atoms with Gasteiger partial charge in [-0.2, -0.15) is 0 Å². The summed E-state index contributed by atoms with van der Waals surface area (Å²) in [6, 6.07) is 5.10. The monoisotopic (exact) mass is 342 g/mol. The van der Waals surface area contributed by atoms with Crippen LogP contribution in [0.4, 0.5) is 0 Å². The first-order chi connectivity index (χ1) is 10.4. The van der Waals surface area contributed by atoms with Crippen molar-refractivity contribution in [1.29, 1.82) is 0 Å². The van der Waals surface area contributed by atoms with Crippen LogP contribution in [0.2, 0.25) is 0 Å². The van der Waals surface area contributed by atoms with Gasteiger partial charge in [-0.1, -0.05) is 0 Å². The molecule has 0 bridgehead atoms. The Labute approximate surface area is 134 Å². The summed E-state index contributed by atoms with van der Waals surface area (Å²) in [6.45, 7) is 5.29. The first kappa shape index (κ1) is 17.2. The van der Waals surface area contributed by atoms with Gasteiger partial charge < -0.3 is 8.94 Å². The van der Waals surface area contributed by atoms with Gasteiger partial charge >= 0.3 is 12.3 Å². The highest BCUT2D eigenvalue weighted by atomic mass is 32.5. The molecule has 0 fully saturated rings. The van der Waals surface area contributed by atoms with Crippen LogP contribution in [-0.4, -0.2) is 13.2 Å². The molecule has 0 atom stereocenters. The molecule has 1 aromatic heterocycles. The Morgan fingerprint density at radius 1 is 1.18 bits per heavy atom. The molecule has 7 heteroatoms. The first-order valence-corrected chi connectivity index (χ1v) is 9.58. The van der Waals surface area contributed by atoms with Crippen LogP contribution in [-0.2, 0) is 20.9 Å². The van der Waals surface area contributed by atoms with E-state index in [-0.39, 0.29) is 5.63 Å². The van der Waals surface area contributed by atoms with E-state index in [0.29, 0.717) is 30.1 Å². The molecule has 1 heterocycles. The maximum atomic E-state index is 11.6. The van der Waals surface area contributed by atoms with E-state index >= 15 is 0 Å². The fourth-order valence-electron chi connectivity index (χ4n) is 2.13. The lowest BCUT2D eigenvalue weighted by atomic mass is 10.1. The smallest absolute Gasteiger partial charge is 0.380 e. The van der Waals surface area contributed by atoms with Crippen molar-refractivity contribution in [1.82, 2.24) is 0 Å². The van der Waals surface area contributed by atoms with Crippen LogP contribution in [0.3, 0.4) is 0 Å². The van der Waals surface area contributed by atoms with E-state index in [0.717, 1.165) is 10.9 Å². The maximum Gasteiger partial charge on any atom is 0.380 e. The number of fused-ring (bicyclic) bond motifs is 1. The Morgan fingerprint density at radius 3 is 2.41 bits per heavy atom. The van der Waals surface area contributed by atoms with E-state index in [1.165, 1.54) is 6.07 Å². The van der Waals surface area contributed by atoms with Gasteiger partial charge in [-0.15, -0.1) is 0 Å². The van der Waals surface area contributed by atoms with E-state index in [9.17, 15) is 4.79 Å². The van der Waals surface area contributed by atoms with Gasteiger partial charge in [0.1, 0.15) is 11.3 Å². The molecule has 22 heavy (non-hydrogen) atoms. The predicted molar refractivity (Wildman–Crippen MR) is 90.1 cm³/mol. The number of benzene rings is 1. The van der Waals surface area contributed by atoms with Crippen molar-refractivity contribution >= 4 is 29.5 Å². The Hall–Kier alpha value is -1.20. The zero-order valence-corrected chi connectivity index (χ0v) is 14.8. The van der Waals surface area contributed by atoms with Gasteiger partial charge in [-0.3, -0.25) is 9.05 Å². The van der Waals surface area contributed by atoms with E-state index in [4.69, 9.17) is 29.8 Å². The summed E-state index contributed by atoms with van der Waals surface area (Å²) in [5.74, 6) is 0.506. The standard InChI is InChI=1S/C15H19O5PS/c1-5-17-21(22,18-6-2)20-13-8-7-12-10(3)9-14(16)19-15(12)11(13)4/h7-9H,5-6H2,1-4H3. The summed E-state index contributed by atoms with van der Waals surface area (Å²) in [5, 5.41) is 0.866. The van der Waals surface area contributed by atoms with Gasteiger partial charge in [-0.05, 0) is 45.4 Å². The van der Waals surface area contributed by atoms with Crippen LogP contribution < -0.4 is 10.1 Å². The van der Waals surface area contributed by atoms with Crippen molar-refractivity contribution in [2.75, 3.05) is 13.2 Å². The second-order valence-electron chi connectivity index (χ2n) is 4.69. The molecular weight excluding hydrogens is 323 g/mol. The maximum absolute atomic E-state index is 11.6. The molecular formula is C15H19O5PS. The third kappa shape index (κ3) is 3.58.